The largest absolute Gasteiger partial charge is 0.466 e. The molecule has 0 saturated heterocycles. The van der Waals surface area contributed by atoms with Gasteiger partial charge in [0.15, 0.2) is 12.4 Å². The summed E-state index contributed by atoms with van der Waals surface area (Å²) in [6.07, 6.45) is 1.33. The maximum Gasteiger partial charge on any atom is 0.344 e. The molecule has 7 nitrogen and oxygen atoms in total. The third-order valence-electron chi connectivity index (χ3n) is 2.28. The molecule has 0 unspecified atom stereocenters. The van der Waals surface area contributed by atoms with Crippen LogP contribution in [0.3, 0.4) is 0 Å². The molecule has 0 spiro atoms. The maximum atomic E-state index is 13.0. The number of nitrogens with zero attached hydrogens (tertiary/aromatic N) is 4. The van der Waals surface area contributed by atoms with Crippen molar-refractivity contribution in [2.45, 2.75) is 0 Å². The van der Waals surface area contributed by atoms with Gasteiger partial charge in [-0.1, -0.05) is 0 Å². The van der Waals surface area contributed by atoms with Gasteiger partial charge in [-0.2, -0.15) is 9.37 Å². The van der Waals surface area contributed by atoms with Gasteiger partial charge in [0.2, 0.25) is 5.95 Å². The van der Waals surface area contributed by atoms with Crippen molar-refractivity contribution < 1.29 is 18.7 Å². The first-order valence-electron chi connectivity index (χ1n) is 5.32. The Labute approximate surface area is 108 Å². The zero-order valence-electron chi connectivity index (χ0n) is 10.3. The van der Waals surface area contributed by atoms with Crippen LogP contribution in [0.15, 0.2) is 18.3 Å². The fraction of sp³-hybridized carbons (Fsp3) is 0.273. The van der Waals surface area contributed by atoms with Crippen molar-refractivity contribution in [2.24, 2.45) is 7.05 Å². The Balaban J connectivity index is 2.19. The third kappa shape index (κ3) is 3.03. The second-order valence-corrected chi connectivity index (χ2v) is 3.57. The van der Waals surface area contributed by atoms with Crippen molar-refractivity contribution in [3.63, 3.8) is 0 Å². The van der Waals surface area contributed by atoms with E-state index < -0.39 is 11.9 Å². The number of carbonyl (C=O) groups is 1. The zero-order chi connectivity index (χ0) is 13.8. The quantitative estimate of drug-likeness (QED) is 0.594. The lowest BCUT2D eigenvalue weighted by Gasteiger charge is -1.98. The average Bonchev–Trinajstić information content (AvgIpc) is 2.77. The van der Waals surface area contributed by atoms with E-state index in [1.165, 1.54) is 24.1 Å². The van der Waals surface area contributed by atoms with Gasteiger partial charge in [0.1, 0.15) is 0 Å². The Morgan fingerprint density at radius 2 is 2.32 bits per heavy atom. The average molecular weight is 266 g/mol. The van der Waals surface area contributed by atoms with Crippen molar-refractivity contribution in [2.75, 3.05) is 13.7 Å². The molecular formula is C11H11FN4O3. The lowest BCUT2D eigenvalue weighted by molar-refractivity contribution is -0.143. The second-order valence-electron chi connectivity index (χ2n) is 3.57. The number of aromatic nitrogens is 4. The zero-order valence-corrected chi connectivity index (χ0v) is 10.3. The minimum Gasteiger partial charge on any atom is -0.466 e. The number of ether oxygens (including phenoxy) is 2. The molecule has 2 heterocycles. The highest BCUT2D eigenvalue weighted by Crippen LogP contribution is 2.18. The molecule has 0 aliphatic carbocycles. The Bertz CT molecular complexity index is 599. The molecule has 0 saturated carbocycles. The highest BCUT2D eigenvalue weighted by molar-refractivity contribution is 5.70. The number of hydrogen-bond acceptors (Lipinski definition) is 6. The van der Waals surface area contributed by atoms with E-state index in [4.69, 9.17) is 4.74 Å². The molecule has 0 fully saturated rings. The van der Waals surface area contributed by atoms with Crippen LogP contribution in [-0.2, 0) is 16.6 Å². The number of halogens is 1. The molecule has 19 heavy (non-hydrogen) atoms. The smallest absolute Gasteiger partial charge is 0.344 e. The molecule has 2 aromatic heterocycles. The van der Waals surface area contributed by atoms with Gasteiger partial charge in [-0.05, 0) is 6.07 Å². The van der Waals surface area contributed by atoms with E-state index >= 15 is 0 Å². The van der Waals surface area contributed by atoms with Crippen LogP contribution in [0.25, 0.3) is 11.4 Å². The van der Waals surface area contributed by atoms with Gasteiger partial charge in [-0.3, -0.25) is 0 Å². The van der Waals surface area contributed by atoms with E-state index in [1.807, 2.05) is 0 Å². The Morgan fingerprint density at radius 3 is 3.00 bits per heavy atom. The summed E-state index contributed by atoms with van der Waals surface area (Å²) in [6.45, 7) is -0.287. The standard InChI is InChI=1S/C11H11FN4O3/c1-16-10(7-3-4-13-8(12)5-7)14-11(15-16)19-6-9(17)18-2/h3-5H,6H2,1-2H3. The van der Waals surface area contributed by atoms with Crippen LogP contribution in [0.4, 0.5) is 4.39 Å². The van der Waals surface area contributed by atoms with E-state index in [0.717, 1.165) is 0 Å². The highest BCUT2D eigenvalue weighted by atomic mass is 19.1. The summed E-state index contributed by atoms with van der Waals surface area (Å²) in [5.74, 6) is -0.748. The van der Waals surface area contributed by atoms with Gasteiger partial charge in [0.05, 0.1) is 7.11 Å². The van der Waals surface area contributed by atoms with Crippen LogP contribution in [0.1, 0.15) is 0 Å². The molecule has 0 aliphatic rings. The fourth-order valence-corrected chi connectivity index (χ4v) is 1.40. The first kappa shape index (κ1) is 12.9. The second kappa shape index (κ2) is 5.42. The van der Waals surface area contributed by atoms with E-state index in [-0.39, 0.29) is 12.6 Å². The summed E-state index contributed by atoms with van der Waals surface area (Å²) < 4.78 is 23.9. The monoisotopic (exact) mass is 266 g/mol. The summed E-state index contributed by atoms with van der Waals surface area (Å²) in [6, 6.07) is 2.84. The van der Waals surface area contributed by atoms with Crippen molar-refractivity contribution >= 4 is 5.97 Å². The number of pyridine rings is 1. The van der Waals surface area contributed by atoms with E-state index in [9.17, 15) is 9.18 Å². The first-order chi connectivity index (χ1) is 9.10. The molecule has 100 valence electrons. The van der Waals surface area contributed by atoms with Gasteiger partial charge in [0, 0.05) is 24.9 Å². The summed E-state index contributed by atoms with van der Waals surface area (Å²) in [5, 5.41) is 3.96. The number of esters is 1. The molecule has 0 aliphatic heterocycles. The van der Waals surface area contributed by atoms with Crippen molar-refractivity contribution in [3.8, 4) is 17.4 Å². The molecule has 0 amide bonds. The molecule has 0 atom stereocenters. The molecule has 8 heteroatoms. The predicted molar refractivity (Wildman–Crippen MR) is 61.7 cm³/mol. The summed E-state index contributed by atoms with van der Waals surface area (Å²) in [4.78, 5) is 18.4. The minimum absolute atomic E-state index is 0.0140. The molecule has 2 rings (SSSR count). The number of hydrogen-bond donors (Lipinski definition) is 0. The normalized spacial score (nSPS) is 10.3. The van der Waals surface area contributed by atoms with Crippen LogP contribution >= 0.6 is 0 Å². The molecule has 0 N–H and O–H groups in total. The topological polar surface area (TPSA) is 79.1 Å². The highest BCUT2D eigenvalue weighted by Gasteiger charge is 2.12. The van der Waals surface area contributed by atoms with Crippen LogP contribution in [0.5, 0.6) is 6.01 Å². The molecular weight excluding hydrogens is 255 g/mol. The Hall–Kier alpha value is -2.51. The van der Waals surface area contributed by atoms with Crippen molar-refractivity contribution in [1.82, 2.24) is 19.7 Å². The van der Waals surface area contributed by atoms with Gasteiger partial charge < -0.3 is 9.47 Å². The summed E-state index contributed by atoms with van der Waals surface area (Å²) >= 11 is 0. The molecule has 0 radical (unpaired) electrons. The number of aryl methyl sites for hydroxylation is 1. The minimum atomic E-state index is -0.613. The maximum absolute atomic E-state index is 13.0. The van der Waals surface area contributed by atoms with Gasteiger partial charge >= 0.3 is 12.0 Å². The lowest BCUT2D eigenvalue weighted by Crippen LogP contribution is -2.13. The third-order valence-corrected chi connectivity index (χ3v) is 2.28. The number of methoxy groups -OCH3 is 1. The van der Waals surface area contributed by atoms with Crippen LogP contribution in [0.2, 0.25) is 0 Å². The van der Waals surface area contributed by atoms with Crippen LogP contribution in [-0.4, -0.2) is 39.4 Å². The van der Waals surface area contributed by atoms with E-state index in [0.29, 0.717) is 11.4 Å². The van der Waals surface area contributed by atoms with Gasteiger partial charge in [0.25, 0.3) is 0 Å². The van der Waals surface area contributed by atoms with Crippen LogP contribution in [0, 0.1) is 5.95 Å². The first-order valence-corrected chi connectivity index (χ1v) is 5.32. The summed E-state index contributed by atoms with van der Waals surface area (Å²) in [7, 11) is 2.88. The SMILES string of the molecule is COC(=O)COc1nc(-c2ccnc(F)c2)n(C)n1. The number of carbonyl (C=O) groups excluding carboxylic acids is 1. The van der Waals surface area contributed by atoms with Gasteiger partial charge in [-0.25, -0.2) is 14.5 Å². The predicted octanol–water partition coefficient (Wildman–Crippen LogP) is 0.568. The molecule has 2 aromatic rings. The van der Waals surface area contributed by atoms with Crippen molar-refractivity contribution in [1.29, 1.82) is 0 Å². The molecule has 0 bridgehead atoms. The summed E-state index contributed by atoms with van der Waals surface area (Å²) in [5.41, 5.74) is 0.510. The Kier molecular flexibility index (Phi) is 3.69. The van der Waals surface area contributed by atoms with E-state index in [2.05, 4.69) is 19.8 Å². The van der Waals surface area contributed by atoms with Gasteiger partial charge in [-0.15, -0.1) is 5.10 Å². The number of rotatable bonds is 4. The van der Waals surface area contributed by atoms with Crippen LogP contribution < -0.4 is 4.74 Å². The van der Waals surface area contributed by atoms with Crippen molar-refractivity contribution in [3.05, 3.63) is 24.3 Å². The molecule has 0 aromatic carbocycles. The Morgan fingerprint density at radius 1 is 1.53 bits per heavy atom. The lowest BCUT2D eigenvalue weighted by atomic mass is 10.2. The van der Waals surface area contributed by atoms with E-state index in [1.54, 1.807) is 13.1 Å². The fourth-order valence-electron chi connectivity index (χ4n) is 1.40.